The van der Waals surface area contributed by atoms with Crippen molar-refractivity contribution in [2.45, 2.75) is 4.90 Å². The summed E-state index contributed by atoms with van der Waals surface area (Å²) in [7, 11) is 0. The molecule has 1 heterocycles. The summed E-state index contributed by atoms with van der Waals surface area (Å²) in [5, 5.41) is 1.91. The van der Waals surface area contributed by atoms with Gasteiger partial charge in [0.2, 0.25) is 0 Å². The summed E-state index contributed by atoms with van der Waals surface area (Å²) < 4.78 is 0. The topological polar surface area (TPSA) is 17.1 Å². The Labute approximate surface area is 109 Å². The molecule has 0 atom stereocenters. The van der Waals surface area contributed by atoms with E-state index >= 15 is 0 Å². The van der Waals surface area contributed by atoms with E-state index in [4.69, 9.17) is 0 Å². The molecule has 0 unspecified atom stereocenters. The number of hydrogen-bond acceptors (Lipinski definition) is 3. The van der Waals surface area contributed by atoms with Crippen molar-refractivity contribution in [2.24, 2.45) is 0 Å². The van der Waals surface area contributed by atoms with E-state index in [1.165, 1.54) is 16.2 Å². The minimum absolute atomic E-state index is 0.0638. The van der Waals surface area contributed by atoms with Gasteiger partial charge in [0.1, 0.15) is 0 Å². The molecule has 2 rings (SSSR count). The number of allylic oxidation sites excluding steroid dienone is 1. The lowest BCUT2D eigenvalue weighted by Crippen LogP contribution is -1.88. The van der Waals surface area contributed by atoms with Crippen molar-refractivity contribution in [3.05, 3.63) is 58.3 Å². The Hall–Kier alpha value is -1.32. The van der Waals surface area contributed by atoms with Crippen molar-refractivity contribution >= 4 is 35.0 Å². The first-order valence-corrected chi connectivity index (χ1v) is 7.30. The Morgan fingerprint density at radius 3 is 2.59 bits per heavy atom. The molecular formula is C14H12OS2. The molecule has 0 radical (unpaired) electrons. The molecule has 0 saturated carbocycles. The van der Waals surface area contributed by atoms with Crippen LogP contribution in [-0.2, 0) is 0 Å². The summed E-state index contributed by atoms with van der Waals surface area (Å²) in [5.41, 5.74) is 1.05. The molecule has 17 heavy (non-hydrogen) atoms. The lowest BCUT2D eigenvalue weighted by Gasteiger charge is -1.96. The molecule has 0 amide bonds. The van der Waals surface area contributed by atoms with Crippen LogP contribution >= 0.6 is 23.1 Å². The third-order valence-corrected chi connectivity index (χ3v) is 3.93. The quantitative estimate of drug-likeness (QED) is 0.461. The van der Waals surface area contributed by atoms with Crippen LogP contribution in [0.15, 0.2) is 52.7 Å². The molecule has 0 aliphatic rings. The van der Waals surface area contributed by atoms with Gasteiger partial charge in [-0.15, -0.1) is 23.1 Å². The fourth-order valence-electron chi connectivity index (χ4n) is 1.39. The number of carbonyl (C=O) groups is 1. The van der Waals surface area contributed by atoms with Gasteiger partial charge in [-0.3, -0.25) is 4.79 Å². The Morgan fingerprint density at radius 2 is 2.00 bits per heavy atom. The van der Waals surface area contributed by atoms with Crippen molar-refractivity contribution in [2.75, 3.05) is 6.26 Å². The van der Waals surface area contributed by atoms with Gasteiger partial charge < -0.3 is 0 Å². The highest BCUT2D eigenvalue weighted by atomic mass is 32.2. The second-order valence-electron chi connectivity index (χ2n) is 3.45. The maximum absolute atomic E-state index is 11.7. The second-order valence-corrected chi connectivity index (χ2v) is 5.28. The minimum atomic E-state index is 0.0638. The van der Waals surface area contributed by atoms with Crippen LogP contribution in [0.5, 0.6) is 0 Å². The molecule has 0 aliphatic heterocycles. The molecule has 86 valence electrons. The minimum Gasteiger partial charge on any atom is -0.288 e. The largest absolute Gasteiger partial charge is 0.288 e. The zero-order valence-electron chi connectivity index (χ0n) is 9.42. The molecule has 0 fully saturated rings. The molecule has 2 aromatic rings. The molecule has 1 nitrogen and oxygen atoms in total. The zero-order valence-corrected chi connectivity index (χ0v) is 11.1. The summed E-state index contributed by atoms with van der Waals surface area (Å²) in [6, 6.07) is 11.9. The van der Waals surface area contributed by atoms with Gasteiger partial charge in [0.05, 0.1) is 4.88 Å². The Bertz CT molecular complexity index is 510. The van der Waals surface area contributed by atoms with E-state index < -0.39 is 0 Å². The molecular weight excluding hydrogens is 248 g/mol. The number of hydrogen-bond donors (Lipinski definition) is 0. The highest BCUT2D eigenvalue weighted by Crippen LogP contribution is 2.16. The standard InChI is InChI=1S/C14H12OS2/c1-16-12-7-4-11(5-8-12)6-9-13(15)14-3-2-10-17-14/h2-10H,1H3/b9-6-. The number of carbonyl (C=O) groups excluding carboxylic acids is 1. The van der Waals surface area contributed by atoms with E-state index in [0.717, 1.165) is 10.4 Å². The van der Waals surface area contributed by atoms with E-state index in [-0.39, 0.29) is 5.78 Å². The van der Waals surface area contributed by atoms with E-state index in [2.05, 4.69) is 12.1 Å². The smallest absolute Gasteiger partial charge is 0.195 e. The zero-order chi connectivity index (χ0) is 12.1. The Balaban J connectivity index is 2.07. The SMILES string of the molecule is CSc1ccc(/C=C\C(=O)c2cccs2)cc1. The van der Waals surface area contributed by atoms with E-state index in [0.29, 0.717) is 0 Å². The molecule has 0 saturated heterocycles. The van der Waals surface area contributed by atoms with Crippen LogP contribution in [0.2, 0.25) is 0 Å². The number of thiophene rings is 1. The van der Waals surface area contributed by atoms with Crippen molar-refractivity contribution < 1.29 is 4.79 Å². The van der Waals surface area contributed by atoms with Crippen molar-refractivity contribution in [3.8, 4) is 0 Å². The molecule has 1 aromatic carbocycles. The van der Waals surface area contributed by atoms with Crippen LogP contribution in [-0.4, -0.2) is 12.0 Å². The van der Waals surface area contributed by atoms with Crippen molar-refractivity contribution in [1.29, 1.82) is 0 Å². The monoisotopic (exact) mass is 260 g/mol. The lowest BCUT2D eigenvalue weighted by atomic mass is 10.2. The summed E-state index contributed by atoms with van der Waals surface area (Å²) in [5.74, 6) is 0.0638. The summed E-state index contributed by atoms with van der Waals surface area (Å²) >= 11 is 3.18. The fraction of sp³-hybridized carbons (Fsp3) is 0.0714. The third kappa shape index (κ3) is 3.32. The second kappa shape index (κ2) is 5.84. The van der Waals surface area contributed by atoms with Crippen LogP contribution in [0.4, 0.5) is 0 Å². The molecule has 0 spiro atoms. The first-order valence-electron chi connectivity index (χ1n) is 5.19. The van der Waals surface area contributed by atoms with E-state index in [1.807, 2.05) is 42.0 Å². The fourth-order valence-corrected chi connectivity index (χ4v) is 2.44. The van der Waals surface area contributed by atoms with Crippen LogP contribution in [0.1, 0.15) is 15.2 Å². The number of benzene rings is 1. The van der Waals surface area contributed by atoms with Crippen LogP contribution < -0.4 is 0 Å². The molecule has 0 bridgehead atoms. The lowest BCUT2D eigenvalue weighted by molar-refractivity contribution is 0.105. The number of rotatable bonds is 4. The van der Waals surface area contributed by atoms with Crippen molar-refractivity contribution in [3.63, 3.8) is 0 Å². The highest BCUT2D eigenvalue weighted by molar-refractivity contribution is 7.98. The van der Waals surface area contributed by atoms with Gasteiger partial charge in [0.15, 0.2) is 5.78 Å². The maximum Gasteiger partial charge on any atom is 0.195 e. The number of ketones is 1. The summed E-state index contributed by atoms with van der Waals surface area (Å²) in [6.07, 6.45) is 5.53. The molecule has 3 heteroatoms. The molecule has 0 aliphatic carbocycles. The van der Waals surface area contributed by atoms with Gasteiger partial charge in [-0.25, -0.2) is 0 Å². The Kier molecular flexibility index (Phi) is 4.18. The predicted octanol–water partition coefficient (Wildman–Crippen LogP) is 4.37. The summed E-state index contributed by atoms with van der Waals surface area (Å²) in [6.45, 7) is 0. The third-order valence-electron chi connectivity index (χ3n) is 2.31. The summed E-state index contributed by atoms with van der Waals surface area (Å²) in [4.78, 5) is 13.7. The van der Waals surface area contributed by atoms with Gasteiger partial charge in [-0.2, -0.15) is 0 Å². The average molecular weight is 260 g/mol. The average Bonchev–Trinajstić information content (AvgIpc) is 2.90. The maximum atomic E-state index is 11.7. The predicted molar refractivity (Wildman–Crippen MR) is 75.9 cm³/mol. The van der Waals surface area contributed by atoms with Crippen LogP contribution in [0, 0.1) is 0 Å². The van der Waals surface area contributed by atoms with Crippen LogP contribution in [0.3, 0.4) is 0 Å². The first kappa shape index (κ1) is 12.1. The van der Waals surface area contributed by atoms with Gasteiger partial charge in [0, 0.05) is 4.90 Å². The van der Waals surface area contributed by atoms with Gasteiger partial charge >= 0.3 is 0 Å². The Morgan fingerprint density at radius 1 is 1.24 bits per heavy atom. The van der Waals surface area contributed by atoms with Crippen LogP contribution in [0.25, 0.3) is 6.08 Å². The normalized spacial score (nSPS) is 10.9. The number of thioether (sulfide) groups is 1. The van der Waals surface area contributed by atoms with Gasteiger partial charge in [-0.05, 0) is 41.5 Å². The molecule has 1 aromatic heterocycles. The van der Waals surface area contributed by atoms with Gasteiger partial charge in [-0.1, -0.05) is 24.3 Å². The van der Waals surface area contributed by atoms with Gasteiger partial charge in [0.25, 0.3) is 0 Å². The van der Waals surface area contributed by atoms with Crippen molar-refractivity contribution in [1.82, 2.24) is 0 Å². The van der Waals surface area contributed by atoms with E-state index in [9.17, 15) is 4.79 Å². The highest BCUT2D eigenvalue weighted by Gasteiger charge is 2.01. The first-order chi connectivity index (χ1) is 8.29. The molecule has 0 N–H and O–H groups in total. The van der Waals surface area contributed by atoms with E-state index in [1.54, 1.807) is 17.8 Å².